The Morgan fingerprint density at radius 2 is 2.00 bits per heavy atom. The first-order chi connectivity index (χ1) is 6.25. The molecule has 1 heterocycles. The Hall–Kier alpha value is 0.200. The molecule has 2 nitrogen and oxygen atoms in total. The minimum absolute atomic E-state index is 0. The van der Waals surface area contributed by atoms with Crippen LogP contribution in [0.1, 0.15) is 39.5 Å². The number of rotatable bonds is 5. The van der Waals surface area contributed by atoms with Gasteiger partial charge in [0.1, 0.15) is 13.1 Å². The minimum Gasteiger partial charge on any atom is -1.00 e. The normalized spacial score (nSPS) is 16.1. The molecule has 0 aromatic heterocycles. The van der Waals surface area contributed by atoms with E-state index < -0.39 is 0 Å². The first kappa shape index (κ1) is 14.2. The van der Waals surface area contributed by atoms with Gasteiger partial charge in [-0.1, -0.05) is 19.8 Å². The van der Waals surface area contributed by atoms with Crippen LogP contribution in [0, 0.1) is 0 Å². The summed E-state index contributed by atoms with van der Waals surface area (Å²) in [5, 5.41) is 0. The molecule has 84 valence electrons. The standard InChI is InChI=1S/C11H23N2.HI/c1-4-5-6-7-8-13-10-9-12(3)11(13)2;/h4-10H2,1-3H3;1H/q+1;/p-1. The summed E-state index contributed by atoms with van der Waals surface area (Å²) >= 11 is 0. The molecule has 0 N–H and O–H groups in total. The molecular formula is C11H23IN2. The summed E-state index contributed by atoms with van der Waals surface area (Å²) in [5.41, 5.74) is 0. The monoisotopic (exact) mass is 310 g/mol. The van der Waals surface area contributed by atoms with Crippen molar-refractivity contribution in [3.05, 3.63) is 0 Å². The van der Waals surface area contributed by atoms with E-state index in [4.69, 9.17) is 0 Å². The number of likely N-dealkylation sites (N-methyl/N-ethyl adjacent to an activating group) is 1. The Labute approximate surface area is 105 Å². The van der Waals surface area contributed by atoms with Crippen molar-refractivity contribution in [3.63, 3.8) is 0 Å². The molecular weight excluding hydrogens is 287 g/mol. The largest absolute Gasteiger partial charge is 1.00 e. The van der Waals surface area contributed by atoms with Gasteiger partial charge in [-0.2, -0.15) is 0 Å². The summed E-state index contributed by atoms with van der Waals surface area (Å²) in [6.45, 7) is 8.19. The van der Waals surface area contributed by atoms with E-state index in [1.807, 2.05) is 0 Å². The first-order valence-electron chi connectivity index (χ1n) is 5.55. The molecule has 0 spiro atoms. The molecule has 14 heavy (non-hydrogen) atoms. The zero-order valence-electron chi connectivity index (χ0n) is 9.72. The van der Waals surface area contributed by atoms with Gasteiger partial charge in [-0.15, -0.1) is 0 Å². The van der Waals surface area contributed by atoms with E-state index in [2.05, 4.69) is 30.4 Å². The maximum Gasteiger partial charge on any atom is 0.243 e. The fourth-order valence-corrected chi connectivity index (χ4v) is 1.84. The Morgan fingerprint density at radius 3 is 2.50 bits per heavy atom. The molecule has 0 saturated heterocycles. The maximum absolute atomic E-state index is 2.51. The van der Waals surface area contributed by atoms with E-state index in [1.165, 1.54) is 51.2 Å². The highest BCUT2D eigenvalue weighted by Crippen LogP contribution is 2.05. The van der Waals surface area contributed by atoms with Crippen molar-refractivity contribution in [1.29, 1.82) is 0 Å². The van der Waals surface area contributed by atoms with E-state index in [9.17, 15) is 0 Å². The number of halogens is 1. The molecule has 1 aliphatic heterocycles. The summed E-state index contributed by atoms with van der Waals surface area (Å²) in [5.74, 6) is 1.46. The van der Waals surface area contributed by atoms with Crippen LogP contribution in [0.15, 0.2) is 0 Å². The molecule has 0 aromatic rings. The predicted molar refractivity (Wildman–Crippen MR) is 57.4 cm³/mol. The average molecular weight is 310 g/mol. The Kier molecular flexibility index (Phi) is 7.59. The van der Waals surface area contributed by atoms with Gasteiger partial charge in [-0.25, -0.2) is 0 Å². The van der Waals surface area contributed by atoms with Gasteiger partial charge in [0.25, 0.3) is 0 Å². The van der Waals surface area contributed by atoms with Crippen LogP contribution in [0.5, 0.6) is 0 Å². The average Bonchev–Trinajstić information content (AvgIpc) is 2.43. The molecule has 0 radical (unpaired) electrons. The summed E-state index contributed by atoms with van der Waals surface area (Å²) in [6, 6.07) is 0. The van der Waals surface area contributed by atoms with Gasteiger partial charge in [-0.05, 0) is 12.8 Å². The van der Waals surface area contributed by atoms with E-state index in [1.54, 1.807) is 0 Å². The number of nitrogens with zero attached hydrogens (tertiary/aromatic N) is 2. The molecule has 1 aliphatic rings. The van der Waals surface area contributed by atoms with Gasteiger partial charge in [-0.3, -0.25) is 9.48 Å². The molecule has 0 aliphatic carbocycles. The van der Waals surface area contributed by atoms with Crippen LogP contribution in [0.4, 0.5) is 0 Å². The molecule has 0 atom stereocenters. The zero-order valence-corrected chi connectivity index (χ0v) is 11.9. The lowest BCUT2D eigenvalue weighted by Crippen LogP contribution is -3.00. The zero-order chi connectivity index (χ0) is 9.68. The molecule has 0 saturated carbocycles. The quantitative estimate of drug-likeness (QED) is 0.357. The lowest BCUT2D eigenvalue weighted by molar-refractivity contribution is -0.487. The van der Waals surface area contributed by atoms with Crippen molar-refractivity contribution < 1.29 is 28.6 Å². The third-order valence-corrected chi connectivity index (χ3v) is 3.00. The Morgan fingerprint density at radius 1 is 1.29 bits per heavy atom. The molecule has 0 fully saturated rings. The summed E-state index contributed by atoms with van der Waals surface area (Å²) in [4.78, 5) is 2.51. The van der Waals surface area contributed by atoms with Crippen molar-refractivity contribution in [2.24, 2.45) is 0 Å². The lowest BCUT2D eigenvalue weighted by Gasteiger charge is -2.09. The predicted octanol–water partition coefficient (Wildman–Crippen LogP) is -1.05. The van der Waals surface area contributed by atoms with Gasteiger partial charge in [0.15, 0.2) is 0 Å². The van der Waals surface area contributed by atoms with Crippen LogP contribution in [0.25, 0.3) is 0 Å². The molecule has 0 bridgehead atoms. The number of unbranched alkanes of at least 4 members (excludes halogenated alkanes) is 3. The number of amidine groups is 1. The topological polar surface area (TPSA) is 6.25 Å². The minimum atomic E-state index is 0. The van der Waals surface area contributed by atoms with Crippen molar-refractivity contribution in [3.8, 4) is 0 Å². The lowest BCUT2D eigenvalue weighted by atomic mass is 10.2. The highest BCUT2D eigenvalue weighted by atomic mass is 127. The van der Waals surface area contributed by atoms with Crippen molar-refractivity contribution >= 4 is 5.84 Å². The van der Waals surface area contributed by atoms with Crippen molar-refractivity contribution in [2.45, 2.75) is 39.5 Å². The number of hydrogen-bond acceptors (Lipinski definition) is 1. The van der Waals surface area contributed by atoms with Crippen LogP contribution < -0.4 is 24.0 Å². The van der Waals surface area contributed by atoms with Gasteiger partial charge in [0.05, 0.1) is 13.6 Å². The van der Waals surface area contributed by atoms with Gasteiger partial charge >= 0.3 is 0 Å². The van der Waals surface area contributed by atoms with E-state index in [0.29, 0.717) is 0 Å². The number of hydrogen-bond donors (Lipinski definition) is 0. The molecule has 1 rings (SSSR count). The Bertz CT molecular complexity index is 190. The second-order valence-corrected chi connectivity index (χ2v) is 4.02. The second-order valence-electron chi connectivity index (χ2n) is 4.02. The third-order valence-electron chi connectivity index (χ3n) is 3.00. The van der Waals surface area contributed by atoms with Crippen LogP contribution in [0.2, 0.25) is 0 Å². The van der Waals surface area contributed by atoms with Crippen LogP contribution in [0.3, 0.4) is 0 Å². The fourth-order valence-electron chi connectivity index (χ4n) is 1.84. The van der Waals surface area contributed by atoms with Crippen LogP contribution in [-0.4, -0.2) is 42.0 Å². The summed E-state index contributed by atoms with van der Waals surface area (Å²) in [6.07, 6.45) is 5.48. The maximum atomic E-state index is 2.51. The fraction of sp³-hybridized carbons (Fsp3) is 0.909. The van der Waals surface area contributed by atoms with Gasteiger partial charge in [0.2, 0.25) is 5.84 Å². The van der Waals surface area contributed by atoms with Crippen molar-refractivity contribution in [2.75, 3.05) is 26.7 Å². The summed E-state index contributed by atoms with van der Waals surface area (Å²) in [7, 11) is 2.18. The Balaban J connectivity index is 0.00000169. The van der Waals surface area contributed by atoms with Crippen LogP contribution in [-0.2, 0) is 0 Å². The molecule has 3 heteroatoms. The highest BCUT2D eigenvalue weighted by molar-refractivity contribution is 5.75. The van der Waals surface area contributed by atoms with E-state index >= 15 is 0 Å². The van der Waals surface area contributed by atoms with E-state index in [0.717, 1.165) is 0 Å². The van der Waals surface area contributed by atoms with Gasteiger partial charge < -0.3 is 24.0 Å². The molecule has 0 amide bonds. The highest BCUT2D eigenvalue weighted by Gasteiger charge is 2.22. The third kappa shape index (κ3) is 4.15. The van der Waals surface area contributed by atoms with Crippen LogP contribution >= 0.6 is 0 Å². The second kappa shape index (κ2) is 7.49. The first-order valence-corrected chi connectivity index (χ1v) is 5.55. The molecule has 0 aromatic carbocycles. The van der Waals surface area contributed by atoms with Crippen molar-refractivity contribution in [1.82, 2.24) is 4.90 Å². The van der Waals surface area contributed by atoms with Gasteiger partial charge in [0, 0.05) is 6.92 Å². The summed E-state index contributed by atoms with van der Waals surface area (Å²) < 4.78 is 2.35. The SMILES string of the molecule is CCCCCCN1CC[N+](C)=C1C.[I-]. The molecule has 0 unspecified atom stereocenters. The smallest absolute Gasteiger partial charge is 0.243 e. The van der Waals surface area contributed by atoms with E-state index in [-0.39, 0.29) is 24.0 Å².